The molecular formula is C60H41N3. The maximum Gasteiger partial charge on any atom is 0.164 e. The van der Waals surface area contributed by atoms with Crippen molar-refractivity contribution in [2.24, 2.45) is 0 Å². The molecule has 1 aliphatic rings. The van der Waals surface area contributed by atoms with Crippen molar-refractivity contribution in [3.8, 4) is 78.7 Å². The predicted octanol–water partition coefficient (Wildman–Crippen LogP) is 15.6. The molecular weight excluding hydrogens is 763 g/mol. The van der Waals surface area contributed by atoms with Crippen LogP contribution in [-0.2, 0) is 5.41 Å². The predicted molar refractivity (Wildman–Crippen MR) is 263 cm³/mol. The second-order valence-corrected chi connectivity index (χ2v) is 17.1. The van der Waals surface area contributed by atoms with Gasteiger partial charge in [-0.25, -0.2) is 15.0 Å². The van der Waals surface area contributed by atoms with E-state index >= 15 is 0 Å². The van der Waals surface area contributed by atoms with Crippen molar-refractivity contribution in [2.45, 2.75) is 19.3 Å². The van der Waals surface area contributed by atoms with E-state index in [1.807, 2.05) is 6.07 Å². The number of nitrogens with zero attached hydrogens (tertiary/aromatic N) is 3. The van der Waals surface area contributed by atoms with Gasteiger partial charge in [0.05, 0.1) is 0 Å². The van der Waals surface area contributed by atoms with Crippen LogP contribution in [0.5, 0.6) is 0 Å². The Morgan fingerprint density at radius 3 is 1.56 bits per heavy atom. The topological polar surface area (TPSA) is 38.7 Å². The zero-order chi connectivity index (χ0) is 42.1. The van der Waals surface area contributed by atoms with E-state index in [4.69, 9.17) is 15.0 Å². The van der Waals surface area contributed by atoms with Crippen LogP contribution in [0.4, 0.5) is 0 Å². The van der Waals surface area contributed by atoms with Crippen molar-refractivity contribution < 1.29 is 0 Å². The molecule has 0 spiro atoms. The molecule has 63 heavy (non-hydrogen) atoms. The first-order chi connectivity index (χ1) is 31.0. The van der Waals surface area contributed by atoms with Crippen LogP contribution < -0.4 is 0 Å². The fourth-order valence-corrected chi connectivity index (χ4v) is 10.0. The molecule has 0 fully saturated rings. The molecule has 0 radical (unpaired) electrons. The van der Waals surface area contributed by atoms with Crippen molar-refractivity contribution in [1.29, 1.82) is 0 Å². The molecule has 1 aromatic heterocycles. The minimum atomic E-state index is -0.116. The molecule has 0 aliphatic heterocycles. The summed E-state index contributed by atoms with van der Waals surface area (Å²) >= 11 is 0. The third kappa shape index (κ3) is 6.07. The number of aromatic nitrogens is 3. The SMILES string of the molecule is CC1(C)c2ccccc2-c2c(-c3ccccc3-c3nc(-c4ccc(-c5ccccc5)cc4)nc(-c4ccc(-c5c6ccccc6cc6c5ccc5ccccc56)cc4)n3)cccc21. The average Bonchev–Trinajstić information content (AvgIpc) is 3.59. The molecule has 1 heterocycles. The number of hydrogen-bond acceptors (Lipinski definition) is 3. The summed E-state index contributed by atoms with van der Waals surface area (Å²) in [5.74, 6) is 1.89. The Bertz CT molecular complexity index is 3570. The van der Waals surface area contributed by atoms with Gasteiger partial charge in [-0.2, -0.15) is 0 Å². The number of hydrogen-bond donors (Lipinski definition) is 0. The highest BCUT2D eigenvalue weighted by Crippen LogP contribution is 2.53. The van der Waals surface area contributed by atoms with Crippen molar-refractivity contribution in [2.75, 3.05) is 0 Å². The van der Waals surface area contributed by atoms with Gasteiger partial charge < -0.3 is 0 Å². The summed E-state index contributed by atoms with van der Waals surface area (Å²) in [5.41, 5.74) is 14.9. The highest BCUT2D eigenvalue weighted by Gasteiger charge is 2.37. The summed E-state index contributed by atoms with van der Waals surface area (Å²) in [5, 5.41) is 7.44. The normalized spacial score (nSPS) is 12.7. The number of rotatable bonds is 6. The van der Waals surface area contributed by atoms with Crippen LogP contribution in [0.25, 0.3) is 111 Å². The van der Waals surface area contributed by atoms with Gasteiger partial charge in [-0.05, 0) is 94.0 Å². The lowest BCUT2D eigenvalue weighted by atomic mass is 9.82. The molecule has 0 amide bonds. The second kappa shape index (κ2) is 14.6. The van der Waals surface area contributed by atoms with E-state index < -0.39 is 0 Å². The molecule has 10 aromatic carbocycles. The van der Waals surface area contributed by atoms with Gasteiger partial charge in [0.2, 0.25) is 0 Å². The fraction of sp³-hybridized carbons (Fsp3) is 0.0500. The van der Waals surface area contributed by atoms with Crippen LogP contribution in [-0.4, -0.2) is 15.0 Å². The molecule has 0 bridgehead atoms. The summed E-state index contributed by atoms with van der Waals surface area (Å²) in [7, 11) is 0. The molecule has 0 atom stereocenters. The quantitative estimate of drug-likeness (QED) is 0.124. The molecule has 3 nitrogen and oxygen atoms in total. The van der Waals surface area contributed by atoms with Gasteiger partial charge in [-0.3, -0.25) is 0 Å². The number of benzene rings is 10. The van der Waals surface area contributed by atoms with Crippen LogP contribution in [0.1, 0.15) is 25.0 Å². The van der Waals surface area contributed by atoms with E-state index in [-0.39, 0.29) is 5.41 Å². The van der Waals surface area contributed by atoms with Crippen LogP contribution in [0, 0.1) is 0 Å². The minimum absolute atomic E-state index is 0.116. The van der Waals surface area contributed by atoms with E-state index in [1.165, 1.54) is 71.3 Å². The molecule has 0 unspecified atom stereocenters. The summed E-state index contributed by atoms with van der Waals surface area (Å²) in [6.45, 7) is 4.66. The van der Waals surface area contributed by atoms with Crippen LogP contribution in [0.2, 0.25) is 0 Å². The van der Waals surface area contributed by atoms with Gasteiger partial charge >= 0.3 is 0 Å². The Balaban J connectivity index is 1.03. The van der Waals surface area contributed by atoms with E-state index in [2.05, 4.69) is 220 Å². The fourth-order valence-electron chi connectivity index (χ4n) is 10.0. The first-order valence-corrected chi connectivity index (χ1v) is 21.7. The molecule has 11 aromatic rings. The van der Waals surface area contributed by atoms with Crippen molar-refractivity contribution in [3.63, 3.8) is 0 Å². The summed E-state index contributed by atoms with van der Waals surface area (Å²) in [4.78, 5) is 15.8. The standard InChI is InChI=1S/C60H41N3/c1-60(2)53-25-13-12-23-51(53)56-48(24-14-26-54(56)60)47-21-10-11-22-50(47)59-62-57(42-31-27-39(28-32-42)38-15-4-3-5-16-38)61-58(63-59)43-33-29-41(30-34-43)55-46-20-9-7-18-44(46)37-52-45-19-8-6-17-40(45)35-36-49(52)55/h3-37H,1-2H3. The zero-order valence-electron chi connectivity index (χ0n) is 35.0. The van der Waals surface area contributed by atoms with Gasteiger partial charge in [-0.1, -0.05) is 220 Å². The summed E-state index contributed by atoms with van der Waals surface area (Å²) in [6.07, 6.45) is 0. The highest BCUT2D eigenvalue weighted by atomic mass is 15.0. The number of fused-ring (bicyclic) bond motifs is 7. The van der Waals surface area contributed by atoms with Crippen LogP contribution in [0.3, 0.4) is 0 Å². The Labute approximate surface area is 367 Å². The monoisotopic (exact) mass is 803 g/mol. The van der Waals surface area contributed by atoms with Gasteiger partial charge in [0.25, 0.3) is 0 Å². The Kier molecular flexibility index (Phi) is 8.52. The van der Waals surface area contributed by atoms with E-state index in [9.17, 15) is 0 Å². The third-order valence-corrected chi connectivity index (χ3v) is 13.2. The third-order valence-electron chi connectivity index (χ3n) is 13.2. The second-order valence-electron chi connectivity index (χ2n) is 17.1. The first-order valence-electron chi connectivity index (χ1n) is 21.7. The lowest BCUT2D eigenvalue weighted by Gasteiger charge is -2.21. The zero-order valence-corrected chi connectivity index (χ0v) is 35.0. The molecule has 3 heteroatoms. The molecule has 0 saturated carbocycles. The molecule has 12 rings (SSSR count). The van der Waals surface area contributed by atoms with Crippen molar-refractivity contribution in [3.05, 3.63) is 223 Å². The maximum atomic E-state index is 5.33. The first kappa shape index (κ1) is 36.8. The average molecular weight is 804 g/mol. The molecule has 0 N–H and O–H groups in total. The minimum Gasteiger partial charge on any atom is -0.208 e. The van der Waals surface area contributed by atoms with Crippen molar-refractivity contribution in [1.82, 2.24) is 15.0 Å². The largest absolute Gasteiger partial charge is 0.208 e. The highest BCUT2D eigenvalue weighted by molar-refractivity contribution is 6.20. The lowest BCUT2D eigenvalue weighted by Crippen LogP contribution is -2.14. The molecule has 296 valence electrons. The summed E-state index contributed by atoms with van der Waals surface area (Å²) < 4.78 is 0. The van der Waals surface area contributed by atoms with Gasteiger partial charge in [0.1, 0.15) is 0 Å². The van der Waals surface area contributed by atoms with Gasteiger partial charge in [0, 0.05) is 22.1 Å². The smallest absolute Gasteiger partial charge is 0.164 e. The van der Waals surface area contributed by atoms with E-state index in [0.717, 1.165) is 33.4 Å². The van der Waals surface area contributed by atoms with E-state index in [1.54, 1.807) is 0 Å². The lowest BCUT2D eigenvalue weighted by molar-refractivity contribution is 0.660. The van der Waals surface area contributed by atoms with E-state index in [0.29, 0.717) is 17.5 Å². The van der Waals surface area contributed by atoms with Crippen LogP contribution >= 0.6 is 0 Å². The Morgan fingerprint density at radius 1 is 0.286 bits per heavy atom. The molecule has 1 aliphatic carbocycles. The van der Waals surface area contributed by atoms with Gasteiger partial charge in [0.15, 0.2) is 17.5 Å². The maximum absolute atomic E-state index is 5.33. The summed E-state index contributed by atoms with van der Waals surface area (Å²) in [6, 6.07) is 76.2. The Morgan fingerprint density at radius 2 is 0.810 bits per heavy atom. The molecule has 0 saturated heterocycles. The van der Waals surface area contributed by atoms with Gasteiger partial charge in [-0.15, -0.1) is 0 Å². The van der Waals surface area contributed by atoms with Crippen LogP contribution in [0.15, 0.2) is 212 Å². The Hall–Kier alpha value is -8.01. The van der Waals surface area contributed by atoms with Crippen molar-refractivity contribution >= 4 is 32.3 Å².